The zero-order valence-corrected chi connectivity index (χ0v) is 11.9. The van der Waals surface area contributed by atoms with Gasteiger partial charge in [-0.05, 0) is 32.8 Å². The van der Waals surface area contributed by atoms with Crippen molar-refractivity contribution in [2.24, 2.45) is 0 Å². The first kappa shape index (κ1) is 13.7. The average Bonchev–Trinajstić information content (AvgIpc) is 2.55. The van der Waals surface area contributed by atoms with Crippen LogP contribution >= 0.6 is 11.3 Å². The highest BCUT2D eigenvalue weighted by molar-refractivity contribution is 7.12. The molecule has 18 heavy (non-hydrogen) atoms. The molecule has 0 saturated heterocycles. The minimum absolute atomic E-state index is 0.130. The molecule has 1 fully saturated rings. The number of ketones is 1. The topological polar surface area (TPSA) is 40.5 Å². The standard InChI is InChI=1S/C14H21NO2S/c1-10-8-13(11(2)18-10)14(17)9-15(6-7-16)12-4-3-5-12/h8,12,16H,3-7,9H2,1-2H3. The van der Waals surface area contributed by atoms with Crippen molar-refractivity contribution in [3.8, 4) is 0 Å². The van der Waals surface area contributed by atoms with Gasteiger partial charge < -0.3 is 5.11 Å². The number of rotatable bonds is 6. The lowest BCUT2D eigenvalue weighted by Gasteiger charge is -2.36. The molecule has 0 aromatic carbocycles. The number of aliphatic hydroxyl groups is 1. The van der Waals surface area contributed by atoms with E-state index in [4.69, 9.17) is 5.11 Å². The van der Waals surface area contributed by atoms with Gasteiger partial charge in [-0.1, -0.05) is 6.42 Å². The highest BCUT2D eigenvalue weighted by atomic mass is 32.1. The van der Waals surface area contributed by atoms with E-state index in [9.17, 15) is 4.79 Å². The first-order valence-corrected chi connectivity index (χ1v) is 7.38. The molecule has 0 bridgehead atoms. The lowest BCUT2D eigenvalue weighted by Crippen LogP contribution is -2.44. The van der Waals surface area contributed by atoms with Crippen LogP contribution in [0.15, 0.2) is 6.07 Å². The second-order valence-corrected chi connectivity index (χ2v) is 6.49. The molecule has 4 heteroatoms. The highest BCUT2D eigenvalue weighted by Crippen LogP contribution is 2.26. The van der Waals surface area contributed by atoms with Crippen LogP contribution in [0.2, 0.25) is 0 Å². The van der Waals surface area contributed by atoms with Gasteiger partial charge in [0.2, 0.25) is 0 Å². The van der Waals surface area contributed by atoms with Crippen LogP contribution in [0, 0.1) is 13.8 Å². The number of carbonyl (C=O) groups is 1. The summed E-state index contributed by atoms with van der Waals surface area (Å²) in [6.45, 7) is 5.22. The number of carbonyl (C=O) groups excluding carboxylic acids is 1. The molecule has 1 heterocycles. The van der Waals surface area contributed by atoms with E-state index >= 15 is 0 Å². The quantitative estimate of drug-likeness (QED) is 0.805. The Morgan fingerprint density at radius 2 is 2.22 bits per heavy atom. The van der Waals surface area contributed by atoms with Crippen molar-refractivity contribution in [2.75, 3.05) is 19.7 Å². The number of hydrogen-bond donors (Lipinski definition) is 1. The first-order valence-electron chi connectivity index (χ1n) is 6.57. The third-order valence-electron chi connectivity index (χ3n) is 3.67. The maximum Gasteiger partial charge on any atom is 0.177 e. The van der Waals surface area contributed by atoms with E-state index in [2.05, 4.69) is 4.90 Å². The van der Waals surface area contributed by atoms with Gasteiger partial charge in [-0.3, -0.25) is 9.69 Å². The molecular formula is C14H21NO2S. The van der Waals surface area contributed by atoms with Crippen molar-refractivity contribution < 1.29 is 9.90 Å². The Morgan fingerprint density at radius 1 is 1.50 bits per heavy atom. The number of hydrogen-bond acceptors (Lipinski definition) is 4. The predicted molar refractivity (Wildman–Crippen MR) is 74.4 cm³/mol. The van der Waals surface area contributed by atoms with Crippen LogP contribution in [-0.4, -0.2) is 41.5 Å². The maximum absolute atomic E-state index is 12.3. The summed E-state index contributed by atoms with van der Waals surface area (Å²) >= 11 is 1.68. The van der Waals surface area contributed by atoms with E-state index < -0.39 is 0 Å². The summed E-state index contributed by atoms with van der Waals surface area (Å²) in [5.74, 6) is 0.192. The highest BCUT2D eigenvalue weighted by Gasteiger charge is 2.26. The largest absolute Gasteiger partial charge is 0.395 e. The second kappa shape index (κ2) is 5.95. The third-order valence-corrected chi connectivity index (χ3v) is 4.63. The van der Waals surface area contributed by atoms with Gasteiger partial charge in [0.1, 0.15) is 0 Å². The molecule has 3 nitrogen and oxygen atoms in total. The Labute approximate surface area is 112 Å². The molecular weight excluding hydrogens is 246 g/mol. The monoisotopic (exact) mass is 267 g/mol. The van der Waals surface area contributed by atoms with E-state index in [-0.39, 0.29) is 12.4 Å². The van der Waals surface area contributed by atoms with Gasteiger partial charge in [0.25, 0.3) is 0 Å². The minimum atomic E-state index is 0.130. The van der Waals surface area contributed by atoms with E-state index in [1.54, 1.807) is 11.3 Å². The summed E-state index contributed by atoms with van der Waals surface area (Å²) in [6.07, 6.45) is 3.57. The number of Topliss-reactive ketones (excluding diaryl/α,β-unsaturated/α-hetero) is 1. The molecule has 0 amide bonds. The fourth-order valence-corrected chi connectivity index (χ4v) is 3.39. The molecule has 1 aromatic heterocycles. The van der Waals surface area contributed by atoms with Crippen molar-refractivity contribution in [3.05, 3.63) is 21.4 Å². The Kier molecular flexibility index (Phi) is 4.54. The first-order chi connectivity index (χ1) is 8.61. The molecule has 0 atom stereocenters. The van der Waals surface area contributed by atoms with E-state index in [1.807, 2.05) is 19.9 Å². The van der Waals surface area contributed by atoms with Crippen LogP contribution in [0.3, 0.4) is 0 Å². The van der Waals surface area contributed by atoms with Gasteiger partial charge >= 0.3 is 0 Å². The van der Waals surface area contributed by atoms with Gasteiger partial charge in [-0.2, -0.15) is 0 Å². The normalized spacial score (nSPS) is 16.0. The van der Waals surface area contributed by atoms with Crippen LogP contribution in [-0.2, 0) is 0 Å². The van der Waals surface area contributed by atoms with Crippen molar-refractivity contribution in [1.29, 1.82) is 0 Å². The van der Waals surface area contributed by atoms with Crippen LogP contribution in [0.5, 0.6) is 0 Å². The molecule has 0 unspecified atom stereocenters. The zero-order valence-electron chi connectivity index (χ0n) is 11.1. The molecule has 100 valence electrons. The lowest BCUT2D eigenvalue weighted by molar-refractivity contribution is 0.0747. The smallest absolute Gasteiger partial charge is 0.177 e. The van der Waals surface area contributed by atoms with E-state index in [0.717, 1.165) is 23.3 Å². The predicted octanol–water partition coefficient (Wildman–Crippen LogP) is 2.39. The Morgan fingerprint density at radius 3 is 2.67 bits per heavy atom. The molecule has 2 rings (SSSR count). The van der Waals surface area contributed by atoms with Gasteiger partial charge in [0.15, 0.2) is 5.78 Å². The Bertz CT molecular complexity index is 423. The number of aryl methyl sites for hydroxylation is 2. The zero-order chi connectivity index (χ0) is 13.1. The summed E-state index contributed by atoms with van der Waals surface area (Å²) in [6, 6.07) is 2.49. The van der Waals surface area contributed by atoms with Crippen molar-refractivity contribution in [2.45, 2.75) is 39.2 Å². The summed E-state index contributed by atoms with van der Waals surface area (Å²) in [7, 11) is 0. The van der Waals surface area contributed by atoms with E-state index in [0.29, 0.717) is 19.1 Å². The van der Waals surface area contributed by atoms with Crippen LogP contribution in [0.25, 0.3) is 0 Å². The van der Waals surface area contributed by atoms with Crippen molar-refractivity contribution in [1.82, 2.24) is 4.90 Å². The SMILES string of the molecule is Cc1cc(C(=O)CN(CCO)C2CCC2)c(C)s1. The van der Waals surface area contributed by atoms with Gasteiger partial charge in [-0.25, -0.2) is 0 Å². The Balaban J connectivity index is 2.01. The molecule has 1 aliphatic rings. The fourth-order valence-electron chi connectivity index (χ4n) is 2.45. The second-order valence-electron chi connectivity index (χ2n) is 5.03. The molecule has 1 aliphatic carbocycles. The number of aliphatic hydroxyl groups excluding tert-OH is 1. The summed E-state index contributed by atoms with van der Waals surface area (Å²) in [5.41, 5.74) is 0.861. The molecule has 1 N–H and O–H groups in total. The number of nitrogens with zero attached hydrogens (tertiary/aromatic N) is 1. The summed E-state index contributed by atoms with van der Waals surface area (Å²) in [5, 5.41) is 9.10. The molecule has 0 radical (unpaired) electrons. The third kappa shape index (κ3) is 2.99. The lowest BCUT2D eigenvalue weighted by atomic mass is 9.91. The summed E-state index contributed by atoms with van der Waals surface area (Å²) in [4.78, 5) is 16.7. The average molecular weight is 267 g/mol. The number of thiophene rings is 1. The van der Waals surface area contributed by atoms with Crippen LogP contribution < -0.4 is 0 Å². The van der Waals surface area contributed by atoms with Crippen molar-refractivity contribution >= 4 is 17.1 Å². The molecule has 1 saturated carbocycles. The van der Waals surface area contributed by atoms with Crippen LogP contribution in [0.1, 0.15) is 39.4 Å². The fraction of sp³-hybridized carbons (Fsp3) is 0.643. The van der Waals surface area contributed by atoms with Crippen molar-refractivity contribution in [3.63, 3.8) is 0 Å². The van der Waals surface area contributed by atoms with Crippen LogP contribution in [0.4, 0.5) is 0 Å². The Hall–Kier alpha value is -0.710. The van der Waals surface area contributed by atoms with E-state index in [1.165, 1.54) is 11.3 Å². The van der Waals surface area contributed by atoms with Gasteiger partial charge in [0, 0.05) is 27.9 Å². The minimum Gasteiger partial charge on any atom is -0.395 e. The molecule has 0 aliphatic heterocycles. The van der Waals surface area contributed by atoms with Gasteiger partial charge in [-0.15, -0.1) is 11.3 Å². The van der Waals surface area contributed by atoms with Gasteiger partial charge in [0.05, 0.1) is 13.2 Å². The molecule has 1 aromatic rings. The summed E-state index contributed by atoms with van der Waals surface area (Å²) < 4.78 is 0. The molecule has 0 spiro atoms. The maximum atomic E-state index is 12.3.